The predicted molar refractivity (Wildman–Crippen MR) is 70.4 cm³/mol. The summed E-state index contributed by atoms with van der Waals surface area (Å²) in [5.41, 5.74) is -3.36. The van der Waals surface area contributed by atoms with E-state index in [-0.39, 0.29) is 11.8 Å². The molecule has 0 fully saturated rings. The zero-order valence-corrected chi connectivity index (χ0v) is 12.2. The Labute approximate surface area is 138 Å². The Hall–Kier alpha value is -2.60. The first-order chi connectivity index (χ1) is 11.7. The summed E-state index contributed by atoms with van der Waals surface area (Å²) in [5, 5.41) is 4.24. The van der Waals surface area contributed by atoms with Crippen LogP contribution in [0.4, 0.5) is 51.0 Å². The molecule has 0 spiro atoms. The second-order valence-electron chi connectivity index (χ2n) is 5.47. The highest BCUT2D eigenvalue weighted by Crippen LogP contribution is 2.56. The molecular formula is C13H7F9N4. The van der Waals surface area contributed by atoms with Gasteiger partial charge in [-0.3, -0.25) is 0 Å². The number of halogens is 9. The average molecular weight is 390 g/mol. The third-order valence-corrected chi connectivity index (χ3v) is 3.82. The summed E-state index contributed by atoms with van der Waals surface area (Å²) in [7, 11) is 0. The Balaban J connectivity index is 2.39. The van der Waals surface area contributed by atoms with Gasteiger partial charge in [-0.05, 0) is 12.1 Å². The molecule has 1 aromatic carbocycles. The van der Waals surface area contributed by atoms with E-state index in [9.17, 15) is 39.5 Å². The van der Waals surface area contributed by atoms with E-state index in [0.717, 1.165) is 6.07 Å². The number of benzene rings is 1. The molecule has 142 valence electrons. The minimum atomic E-state index is -5.93. The summed E-state index contributed by atoms with van der Waals surface area (Å²) in [6, 6.07) is 2.00. The molecule has 26 heavy (non-hydrogen) atoms. The first kappa shape index (κ1) is 18.2. The molecule has 13 heteroatoms. The molecule has 1 aliphatic rings. The van der Waals surface area contributed by atoms with Crippen molar-refractivity contribution in [3.05, 3.63) is 35.5 Å². The first-order valence-electron chi connectivity index (χ1n) is 6.68. The summed E-state index contributed by atoms with van der Waals surface area (Å²) < 4.78 is 120. The Morgan fingerprint density at radius 1 is 0.923 bits per heavy atom. The fourth-order valence-corrected chi connectivity index (χ4v) is 2.70. The van der Waals surface area contributed by atoms with Crippen molar-refractivity contribution < 1.29 is 39.5 Å². The highest BCUT2D eigenvalue weighted by atomic mass is 19.4. The van der Waals surface area contributed by atoms with E-state index in [1.165, 1.54) is 5.32 Å². The van der Waals surface area contributed by atoms with E-state index in [2.05, 4.69) is 5.10 Å². The molecule has 2 heterocycles. The van der Waals surface area contributed by atoms with Crippen LogP contribution in [0.25, 0.3) is 5.69 Å². The molecule has 0 saturated carbocycles. The molecule has 3 rings (SSSR count). The normalized spacial score (nSPS) is 16.7. The molecule has 3 N–H and O–H groups in total. The lowest BCUT2D eigenvalue weighted by atomic mass is 9.85. The molecule has 0 amide bonds. The number of nitrogens with one attached hydrogen (secondary N) is 1. The van der Waals surface area contributed by atoms with E-state index in [1.807, 2.05) is 0 Å². The third-order valence-electron chi connectivity index (χ3n) is 3.82. The van der Waals surface area contributed by atoms with Crippen LogP contribution in [-0.4, -0.2) is 22.1 Å². The lowest BCUT2D eigenvalue weighted by Crippen LogP contribution is -2.61. The lowest BCUT2D eigenvalue weighted by molar-refractivity contribution is -0.294. The van der Waals surface area contributed by atoms with Crippen molar-refractivity contribution in [3.8, 4) is 5.69 Å². The van der Waals surface area contributed by atoms with Gasteiger partial charge in [-0.15, -0.1) is 0 Å². The Kier molecular flexibility index (Phi) is 3.48. The van der Waals surface area contributed by atoms with Crippen LogP contribution in [0.5, 0.6) is 0 Å². The molecule has 0 saturated heterocycles. The van der Waals surface area contributed by atoms with Gasteiger partial charge >= 0.3 is 18.5 Å². The zero-order valence-electron chi connectivity index (χ0n) is 12.2. The number of hydrogen-bond acceptors (Lipinski definition) is 3. The number of rotatable bonds is 0. The van der Waals surface area contributed by atoms with Crippen molar-refractivity contribution >= 4 is 11.5 Å². The van der Waals surface area contributed by atoms with Gasteiger partial charge in [-0.25, -0.2) is 4.68 Å². The van der Waals surface area contributed by atoms with Crippen LogP contribution in [0.2, 0.25) is 0 Å². The highest BCUT2D eigenvalue weighted by molar-refractivity contribution is 5.65. The monoisotopic (exact) mass is 390 g/mol. The lowest BCUT2D eigenvalue weighted by Gasteiger charge is -2.42. The number of anilines is 2. The van der Waals surface area contributed by atoms with Gasteiger partial charge in [0.25, 0.3) is 5.54 Å². The minimum Gasteiger partial charge on any atom is -0.399 e. The predicted octanol–water partition coefficient (Wildman–Crippen LogP) is 4.22. The Morgan fingerprint density at radius 2 is 1.50 bits per heavy atom. The number of fused-ring (bicyclic) bond motifs is 3. The molecule has 4 nitrogen and oxygen atoms in total. The van der Waals surface area contributed by atoms with Crippen molar-refractivity contribution in [2.45, 2.75) is 24.1 Å². The molecule has 2 aromatic rings. The molecule has 0 unspecified atom stereocenters. The number of alkyl halides is 9. The Morgan fingerprint density at radius 3 is 2.00 bits per heavy atom. The molecule has 0 atom stereocenters. The quantitative estimate of drug-likeness (QED) is 0.523. The number of hydrogen-bond donors (Lipinski definition) is 2. The summed E-state index contributed by atoms with van der Waals surface area (Å²) >= 11 is 0. The number of nitrogen functional groups attached to an aromatic ring is 1. The Bertz CT molecular complexity index is 846. The van der Waals surface area contributed by atoms with Crippen LogP contribution in [0.1, 0.15) is 11.3 Å². The van der Waals surface area contributed by atoms with Crippen molar-refractivity contribution in [2.24, 2.45) is 0 Å². The van der Waals surface area contributed by atoms with Crippen molar-refractivity contribution in [2.75, 3.05) is 11.1 Å². The van der Waals surface area contributed by atoms with Gasteiger partial charge in [0.15, 0.2) is 5.69 Å². The van der Waals surface area contributed by atoms with Crippen molar-refractivity contribution in [1.29, 1.82) is 0 Å². The van der Waals surface area contributed by atoms with Gasteiger partial charge in [-0.2, -0.15) is 44.6 Å². The molecule has 0 bridgehead atoms. The van der Waals surface area contributed by atoms with E-state index in [4.69, 9.17) is 5.73 Å². The molecule has 1 aromatic heterocycles. The molecule has 0 radical (unpaired) electrons. The second kappa shape index (κ2) is 4.98. The molecular weight excluding hydrogens is 383 g/mol. The van der Waals surface area contributed by atoms with Gasteiger partial charge in [0.1, 0.15) is 5.82 Å². The fraction of sp³-hybridized carbons (Fsp3) is 0.308. The maximum absolute atomic E-state index is 13.5. The fourth-order valence-electron chi connectivity index (χ4n) is 2.70. The summed E-state index contributed by atoms with van der Waals surface area (Å²) in [6.07, 6.45) is -16.9. The van der Waals surface area contributed by atoms with Crippen LogP contribution >= 0.6 is 0 Å². The number of nitrogens with zero attached hydrogens (tertiary/aromatic N) is 2. The van der Waals surface area contributed by atoms with E-state index >= 15 is 0 Å². The molecule has 1 aliphatic heterocycles. The topological polar surface area (TPSA) is 55.9 Å². The second-order valence-corrected chi connectivity index (χ2v) is 5.47. The number of nitrogens with two attached hydrogens (primary N) is 1. The zero-order chi connectivity index (χ0) is 19.7. The van der Waals surface area contributed by atoms with Gasteiger partial charge in [0.2, 0.25) is 0 Å². The van der Waals surface area contributed by atoms with Crippen LogP contribution < -0.4 is 11.1 Å². The van der Waals surface area contributed by atoms with Crippen LogP contribution in [0.15, 0.2) is 24.3 Å². The van der Waals surface area contributed by atoms with Crippen molar-refractivity contribution in [3.63, 3.8) is 0 Å². The largest absolute Gasteiger partial charge is 0.435 e. The average Bonchev–Trinajstić information content (AvgIpc) is 2.87. The summed E-state index contributed by atoms with van der Waals surface area (Å²) in [4.78, 5) is 0. The standard InChI is InChI=1S/C13H7F9N4/c14-11(15,16)8-4-9-24-10(12(17,18)19,13(20,21)22)6-2-1-5(23)3-7(6)26(9)25-8/h1-4,24H,23H2. The molecule has 0 aliphatic carbocycles. The third kappa shape index (κ3) is 2.36. The minimum absolute atomic E-state index is 0.0678. The van der Waals surface area contributed by atoms with Crippen LogP contribution in [0.3, 0.4) is 0 Å². The van der Waals surface area contributed by atoms with Gasteiger partial charge in [0.05, 0.1) is 5.69 Å². The van der Waals surface area contributed by atoms with Gasteiger partial charge in [0, 0.05) is 17.3 Å². The smallest absolute Gasteiger partial charge is 0.399 e. The van der Waals surface area contributed by atoms with Crippen molar-refractivity contribution in [1.82, 2.24) is 9.78 Å². The highest BCUT2D eigenvalue weighted by Gasteiger charge is 2.74. The van der Waals surface area contributed by atoms with Crippen LogP contribution in [-0.2, 0) is 11.7 Å². The van der Waals surface area contributed by atoms with Crippen LogP contribution in [0, 0.1) is 0 Å². The SMILES string of the molecule is Nc1ccc2c(c1)-n1nc(C(F)(F)F)cc1NC2(C(F)(F)F)C(F)(F)F. The maximum Gasteiger partial charge on any atom is 0.435 e. The summed E-state index contributed by atoms with van der Waals surface area (Å²) in [5.74, 6) is -1.12. The van der Waals surface area contributed by atoms with Gasteiger partial charge < -0.3 is 11.1 Å². The maximum atomic E-state index is 13.5. The first-order valence-corrected chi connectivity index (χ1v) is 6.68. The van der Waals surface area contributed by atoms with E-state index in [1.54, 1.807) is 0 Å². The summed E-state index contributed by atoms with van der Waals surface area (Å²) in [6.45, 7) is 0. The van der Waals surface area contributed by atoms with E-state index < -0.39 is 46.8 Å². The number of aromatic nitrogens is 2. The van der Waals surface area contributed by atoms with Gasteiger partial charge in [-0.1, -0.05) is 6.07 Å². The van der Waals surface area contributed by atoms with E-state index in [0.29, 0.717) is 16.8 Å².